The molecule has 0 radical (unpaired) electrons. The zero-order chi connectivity index (χ0) is 19.8. The van der Waals surface area contributed by atoms with Crippen molar-refractivity contribution in [3.8, 4) is 10.4 Å². The van der Waals surface area contributed by atoms with Crippen molar-refractivity contribution in [2.75, 3.05) is 31.1 Å². The van der Waals surface area contributed by atoms with E-state index in [1.807, 2.05) is 31.2 Å². The summed E-state index contributed by atoms with van der Waals surface area (Å²) in [6, 6.07) is 10.0. The molecule has 5 rings (SSSR count). The maximum Gasteiger partial charge on any atom is 0.223 e. The molecule has 4 aromatic rings. The summed E-state index contributed by atoms with van der Waals surface area (Å²) < 4.78 is 6.19. The minimum atomic E-state index is 0.608. The fourth-order valence-corrected chi connectivity index (χ4v) is 4.81. The fraction of sp³-hybridized carbons (Fsp3) is 0.300. The van der Waals surface area contributed by atoms with E-state index in [4.69, 9.17) is 16.1 Å². The molecule has 0 spiro atoms. The molecule has 9 heteroatoms. The lowest BCUT2D eigenvalue weighted by molar-refractivity contribution is 0.239. The molecule has 1 aromatic carbocycles. The molecule has 1 aliphatic rings. The molecule has 0 unspecified atom stereocenters. The topological polar surface area (TPSA) is 71.2 Å². The van der Waals surface area contributed by atoms with Gasteiger partial charge in [0, 0.05) is 43.0 Å². The number of aromatic nitrogens is 4. The average Bonchev–Trinajstić information content (AvgIpc) is 3.35. The third-order valence-corrected chi connectivity index (χ3v) is 6.45. The number of halogens is 1. The standard InChI is InChI=1S/C20H19ClN6OS/c1-13-24-18(25-28-13)11-26-6-8-27(9-7-26)20-19-16(22-12-23-20)10-17(29-19)14-2-4-15(21)5-3-14/h2-5,10,12H,6-9,11H2,1H3. The van der Waals surface area contributed by atoms with Crippen molar-refractivity contribution < 1.29 is 4.52 Å². The molecule has 1 aliphatic heterocycles. The second kappa shape index (κ2) is 7.70. The Labute approximate surface area is 176 Å². The monoisotopic (exact) mass is 426 g/mol. The lowest BCUT2D eigenvalue weighted by Crippen LogP contribution is -2.46. The van der Waals surface area contributed by atoms with Gasteiger partial charge in [-0.3, -0.25) is 4.90 Å². The van der Waals surface area contributed by atoms with Crippen LogP contribution in [0.25, 0.3) is 20.7 Å². The number of thiophene rings is 1. The van der Waals surface area contributed by atoms with E-state index in [0.717, 1.165) is 58.6 Å². The van der Waals surface area contributed by atoms with Crippen LogP contribution in [0.2, 0.25) is 5.02 Å². The van der Waals surface area contributed by atoms with E-state index in [2.05, 4.69) is 36.0 Å². The molecule has 0 amide bonds. The van der Waals surface area contributed by atoms with Gasteiger partial charge in [-0.05, 0) is 23.8 Å². The second-order valence-electron chi connectivity index (χ2n) is 7.02. The number of benzene rings is 1. The van der Waals surface area contributed by atoms with Gasteiger partial charge in [-0.25, -0.2) is 9.97 Å². The fourth-order valence-electron chi connectivity index (χ4n) is 3.55. The van der Waals surface area contributed by atoms with Gasteiger partial charge in [0.15, 0.2) is 5.82 Å². The first-order valence-corrected chi connectivity index (χ1v) is 10.6. The number of aryl methyl sites for hydroxylation is 1. The third-order valence-electron chi connectivity index (χ3n) is 5.03. The Morgan fingerprint density at radius 2 is 1.90 bits per heavy atom. The molecule has 0 aliphatic carbocycles. The minimum Gasteiger partial charge on any atom is -0.353 e. The first kappa shape index (κ1) is 18.5. The minimum absolute atomic E-state index is 0.608. The quantitative estimate of drug-likeness (QED) is 0.488. The number of anilines is 1. The molecule has 148 valence electrons. The van der Waals surface area contributed by atoms with Crippen LogP contribution in [0.4, 0.5) is 5.82 Å². The SMILES string of the molecule is Cc1nc(CN2CCN(c3ncnc4cc(-c5ccc(Cl)cc5)sc34)CC2)no1. The van der Waals surface area contributed by atoms with Gasteiger partial charge in [0.2, 0.25) is 5.89 Å². The molecule has 0 bridgehead atoms. The Bertz CT molecular complexity index is 1130. The number of rotatable bonds is 4. The zero-order valence-corrected chi connectivity index (χ0v) is 17.4. The first-order chi connectivity index (χ1) is 14.2. The van der Waals surface area contributed by atoms with Crippen LogP contribution < -0.4 is 4.90 Å². The Hall–Kier alpha value is -2.55. The molecule has 29 heavy (non-hydrogen) atoms. The highest BCUT2D eigenvalue weighted by Crippen LogP contribution is 2.37. The van der Waals surface area contributed by atoms with E-state index < -0.39 is 0 Å². The molecule has 4 heterocycles. The normalized spacial score (nSPS) is 15.3. The van der Waals surface area contributed by atoms with Gasteiger partial charge < -0.3 is 9.42 Å². The number of hydrogen-bond donors (Lipinski definition) is 0. The summed E-state index contributed by atoms with van der Waals surface area (Å²) in [5.41, 5.74) is 2.12. The zero-order valence-electron chi connectivity index (χ0n) is 15.9. The maximum absolute atomic E-state index is 6.03. The Morgan fingerprint density at radius 3 is 2.62 bits per heavy atom. The van der Waals surface area contributed by atoms with Crippen molar-refractivity contribution in [3.05, 3.63) is 53.4 Å². The van der Waals surface area contributed by atoms with E-state index in [9.17, 15) is 0 Å². The van der Waals surface area contributed by atoms with Gasteiger partial charge >= 0.3 is 0 Å². The highest BCUT2D eigenvalue weighted by atomic mass is 35.5. The largest absolute Gasteiger partial charge is 0.353 e. The second-order valence-corrected chi connectivity index (χ2v) is 8.51. The smallest absolute Gasteiger partial charge is 0.223 e. The maximum atomic E-state index is 6.03. The van der Waals surface area contributed by atoms with Gasteiger partial charge in [-0.15, -0.1) is 11.3 Å². The molecule has 1 saturated heterocycles. The van der Waals surface area contributed by atoms with Crippen molar-refractivity contribution in [1.82, 2.24) is 25.0 Å². The summed E-state index contributed by atoms with van der Waals surface area (Å²) >= 11 is 7.75. The molecular weight excluding hydrogens is 408 g/mol. The summed E-state index contributed by atoms with van der Waals surface area (Å²) in [5, 5.41) is 4.74. The van der Waals surface area contributed by atoms with Crippen LogP contribution in [0.5, 0.6) is 0 Å². The highest BCUT2D eigenvalue weighted by Gasteiger charge is 2.22. The number of piperazine rings is 1. The van der Waals surface area contributed by atoms with Crippen LogP contribution in [0.15, 0.2) is 41.2 Å². The van der Waals surface area contributed by atoms with Gasteiger partial charge in [0.25, 0.3) is 0 Å². The predicted molar refractivity (Wildman–Crippen MR) is 114 cm³/mol. The number of hydrogen-bond acceptors (Lipinski definition) is 8. The van der Waals surface area contributed by atoms with E-state index in [0.29, 0.717) is 12.4 Å². The third kappa shape index (κ3) is 3.83. The molecule has 7 nitrogen and oxygen atoms in total. The number of nitrogens with zero attached hydrogens (tertiary/aromatic N) is 6. The summed E-state index contributed by atoms with van der Waals surface area (Å²) in [6.45, 7) is 6.18. The van der Waals surface area contributed by atoms with Crippen LogP contribution in [-0.2, 0) is 6.54 Å². The van der Waals surface area contributed by atoms with Gasteiger partial charge in [0.1, 0.15) is 12.1 Å². The average molecular weight is 427 g/mol. The van der Waals surface area contributed by atoms with Crippen molar-refractivity contribution in [1.29, 1.82) is 0 Å². The van der Waals surface area contributed by atoms with E-state index in [-0.39, 0.29) is 0 Å². The summed E-state index contributed by atoms with van der Waals surface area (Å²) in [7, 11) is 0. The summed E-state index contributed by atoms with van der Waals surface area (Å²) in [6.07, 6.45) is 1.66. The van der Waals surface area contributed by atoms with Crippen molar-refractivity contribution in [2.45, 2.75) is 13.5 Å². The van der Waals surface area contributed by atoms with Gasteiger partial charge in [-0.1, -0.05) is 28.9 Å². The molecule has 1 fully saturated rings. The van der Waals surface area contributed by atoms with Gasteiger partial charge in [-0.2, -0.15) is 4.98 Å². The molecule has 0 saturated carbocycles. The first-order valence-electron chi connectivity index (χ1n) is 9.43. The van der Waals surface area contributed by atoms with Crippen molar-refractivity contribution in [2.24, 2.45) is 0 Å². The molecule has 3 aromatic heterocycles. The summed E-state index contributed by atoms with van der Waals surface area (Å²) in [4.78, 5) is 19.2. The Morgan fingerprint density at radius 1 is 1.10 bits per heavy atom. The van der Waals surface area contributed by atoms with Crippen molar-refractivity contribution in [3.63, 3.8) is 0 Å². The van der Waals surface area contributed by atoms with Crippen LogP contribution in [0, 0.1) is 6.92 Å². The van der Waals surface area contributed by atoms with Gasteiger partial charge in [0.05, 0.1) is 16.8 Å². The lowest BCUT2D eigenvalue weighted by Gasteiger charge is -2.34. The van der Waals surface area contributed by atoms with Crippen LogP contribution in [0.1, 0.15) is 11.7 Å². The predicted octanol–water partition coefficient (Wildman–Crippen LogP) is 4.03. The van der Waals surface area contributed by atoms with E-state index in [1.165, 1.54) is 4.88 Å². The van der Waals surface area contributed by atoms with Crippen LogP contribution >= 0.6 is 22.9 Å². The Kier molecular flexibility index (Phi) is 4.91. The highest BCUT2D eigenvalue weighted by molar-refractivity contribution is 7.22. The number of fused-ring (bicyclic) bond motifs is 1. The van der Waals surface area contributed by atoms with Crippen LogP contribution in [0.3, 0.4) is 0 Å². The Balaban J connectivity index is 1.34. The molecule has 0 atom stereocenters. The van der Waals surface area contributed by atoms with E-state index in [1.54, 1.807) is 17.7 Å². The summed E-state index contributed by atoms with van der Waals surface area (Å²) in [5.74, 6) is 2.36. The van der Waals surface area contributed by atoms with Crippen molar-refractivity contribution >= 4 is 39.0 Å². The molecular formula is C20H19ClN6OS. The van der Waals surface area contributed by atoms with E-state index >= 15 is 0 Å². The van der Waals surface area contributed by atoms with Crippen LogP contribution in [-0.4, -0.2) is 51.2 Å². The lowest BCUT2D eigenvalue weighted by atomic mass is 10.2. The molecule has 0 N–H and O–H groups in total.